The third-order valence-corrected chi connectivity index (χ3v) is 4.18. The van der Waals surface area contributed by atoms with E-state index >= 15 is 0 Å². The molecule has 0 aliphatic rings. The lowest BCUT2D eigenvalue weighted by Crippen LogP contribution is -2.09. The summed E-state index contributed by atoms with van der Waals surface area (Å²) in [6, 6.07) is 10.8. The van der Waals surface area contributed by atoms with Crippen LogP contribution in [0.15, 0.2) is 42.5 Å². The first-order valence-corrected chi connectivity index (χ1v) is 8.17. The standard InChI is InChI=1S/C18H15ClN2O5/c1-3-25-18(22)15-10-13-14(19)7-8-16(17(13)20(15)2)26-12-6-4-5-11(9-12)21(23)24/h4-10H,3H2,1-2H3. The number of non-ortho nitro benzene ring substituents is 1. The van der Waals surface area contributed by atoms with Crippen molar-refractivity contribution >= 4 is 34.2 Å². The second-order valence-corrected chi connectivity index (χ2v) is 5.88. The van der Waals surface area contributed by atoms with Crippen LogP contribution >= 0.6 is 11.6 Å². The van der Waals surface area contributed by atoms with Crippen LogP contribution in [0.1, 0.15) is 17.4 Å². The maximum atomic E-state index is 12.1. The van der Waals surface area contributed by atoms with E-state index < -0.39 is 10.9 Å². The van der Waals surface area contributed by atoms with Crippen LogP contribution in [0.5, 0.6) is 11.5 Å². The SMILES string of the molecule is CCOC(=O)c1cc2c(Cl)ccc(Oc3cccc([N+](=O)[O-])c3)c2n1C. The minimum atomic E-state index is -0.494. The Morgan fingerprint density at radius 2 is 2.04 bits per heavy atom. The Morgan fingerprint density at radius 1 is 1.27 bits per heavy atom. The zero-order chi connectivity index (χ0) is 18.8. The number of ether oxygens (including phenoxy) is 2. The summed E-state index contributed by atoms with van der Waals surface area (Å²) in [6.45, 7) is 1.98. The number of nitrogens with zero attached hydrogens (tertiary/aromatic N) is 2. The summed E-state index contributed by atoms with van der Waals surface area (Å²) in [5, 5.41) is 12.0. The van der Waals surface area contributed by atoms with E-state index in [4.69, 9.17) is 21.1 Å². The van der Waals surface area contributed by atoms with Gasteiger partial charge in [-0.25, -0.2) is 4.79 Å². The lowest BCUT2D eigenvalue weighted by atomic mass is 10.2. The van der Waals surface area contributed by atoms with Crippen LogP contribution in [0.2, 0.25) is 5.02 Å². The molecule has 0 N–H and O–H groups in total. The predicted octanol–water partition coefficient (Wildman–Crippen LogP) is 4.71. The van der Waals surface area contributed by atoms with E-state index in [2.05, 4.69) is 0 Å². The number of fused-ring (bicyclic) bond motifs is 1. The fourth-order valence-corrected chi connectivity index (χ4v) is 2.88. The topological polar surface area (TPSA) is 83.6 Å². The molecule has 0 fully saturated rings. The molecule has 8 heteroatoms. The number of benzene rings is 2. The van der Waals surface area contributed by atoms with Crippen LogP contribution in [0.25, 0.3) is 10.9 Å². The van der Waals surface area contributed by atoms with Gasteiger partial charge in [0.25, 0.3) is 5.69 Å². The van der Waals surface area contributed by atoms with Gasteiger partial charge in [0.2, 0.25) is 0 Å². The minimum absolute atomic E-state index is 0.0770. The van der Waals surface area contributed by atoms with Gasteiger partial charge in [-0.2, -0.15) is 0 Å². The number of rotatable bonds is 5. The molecule has 0 saturated carbocycles. The highest BCUT2D eigenvalue weighted by Crippen LogP contribution is 2.36. The summed E-state index contributed by atoms with van der Waals surface area (Å²) < 4.78 is 12.5. The Balaban J connectivity index is 2.09. The molecular formula is C18H15ClN2O5. The third kappa shape index (κ3) is 3.21. The number of hydrogen-bond acceptors (Lipinski definition) is 5. The fourth-order valence-electron chi connectivity index (χ4n) is 2.67. The van der Waals surface area contributed by atoms with Crippen molar-refractivity contribution in [3.05, 3.63) is 63.3 Å². The number of nitro groups is 1. The number of aromatic nitrogens is 1. The molecule has 0 amide bonds. The predicted molar refractivity (Wildman–Crippen MR) is 97.1 cm³/mol. The summed E-state index contributed by atoms with van der Waals surface area (Å²) in [5.74, 6) is 0.258. The zero-order valence-electron chi connectivity index (χ0n) is 14.1. The molecule has 0 aliphatic carbocycles. The molecule has 2 aromatic carbocycles. The van der Waals surface area contributed by atoms with Crippen molar-refractivity contribution in [2.75, 3.05) is 6.61 Å². The number of aryl methyl sites for hydroxylation is 1. The van der Waals surface area contributed by atoms with E-state index in [1.54, 1.807) is 42.8 Å². The molecule has 3 aromatic rings. The Bertz CT molecular complexity index is 1010. The molecule has 1 heterocycles. The summed E-state index contributed by atoms with van der Waals surface area (Å²) in [4.78, 5) is 22.6. The van der Waals surface area contributed by atoms with Crippen LogP contribution in [0, 0.1) is 10.1 Å². The van der Waals surface area contributed by atoms with Gasteiger partial charge in [0.05, 0.1) is 28.1 Å². The van der Waals surface area contributed by atoms with Crippen molar-refractivity contribution in [2.45, 2.75) is 6.92 Å². The molecule has 0 saturated heterocycles. The van der Waals surface area contributed by atoms with E-state index in [0.29, 0.717) is 33.1 Å². The maximum absolute atomic E-state index is 12.1. The van der Waals surface area contributed by atoms with Gasteiger partial charge in [-0.05, 0) is 31.2 Å². The van der Waals surface area contributed by atoms with E-state index in [1.165, 1.54) is 18.2 Å². The van der Waals surface area contributed by atoms with Gasteiger partial charge in [-0.3, -0.25) is 10.1 Å². The number of carbonyl (C=O) groups excluding carboxylic acids is 1. The number of carbonyl (C=O) groups is 1. The number of halogens is 1. The zero-order valence-corrected chi connectivity index (χ0v) is 14.8. The van der Waals surface area contributed by atoms with Crippen molar-refractivity contribution in [3.8, 4) is 11.5 Å². The smallest absolute Gasteiger partial charge is 0.354 e. The average molecular weight is 375 g/mol. The number of hydrogen-bond donors (Lipinski definition) is 0. The van der Waals surface area contributed by atoms with E-state index in [0.717, 1.165) is 0 Å². The summed E-state index contributed by atoms with van der Waals surface area (Å²) in [7, 11) is 1.70. The second-order valence-electron chi connectivity index (χ2n) is 5.47. The molecule has 0 spiro atoms. The van der Waals surface area contributed by atoms with Crippen LogP contribution < -0.4 is 4.74 Å². The Kier molecular flexibility index (Phi) is 4.81. The van der Waals surface area contributed by atoms with Gasteiger partial charge in [0.15, 0.2) is 5.75 Å². The van der Waals surface area contributed by atoms with E-state index in [9.17, 15) is 14.9 Å². The van der Waals surface area contributed by atoms with Gasteiger partial charge in [-0.1, -0.05) is 17.7 Å². The van der Waals surface area contributed by atoms with Gasteiger partial charge in [0, 0.05) is 18.5 Å². The van der Waals surface area contributed by atoms with Crippen LogP contribution in [0.3, 0.4) is 0 Å². The molecular weight excluding hydrogens is 360 g/mol. The van der Waals surface area contributed by atoms with Gasteiger partial charge < -0.3 is 14.0 Å². The molecule has 0 radical (unpaired) electrons. The monoisotopic (exact) mass is 374 g/mol. The minimum Gasteiger partial charge on any atom is -0.461 e. The fraction of sp³-hybridized carbons (Fsp3) is 0.167. The maximum Gasteiger partial charge on any atom is 0.354 e. The summed E-state index contributed by atoms with van der Waals surface area (Å²) in [5.41, 5.74) is 0.845. The van der Waals surface area contributed by atoms with Crippen molar-refractivity contribution in [1.29, 1.82) is 0 Å². The van der Waals surface area contributed by atoms with Crippen molar-refractivity contribution in [2.24, 2.45) is 7.05 Å². The van der Waals surface area contributed by atoms with Crippen LogP contribution in [-0.2, 0) is 11.8 Å². The third-order valence-electron chi connectivity index (χ3n) is 3.85. The number of esters is 1. The molecule has 7 nitrogen and oxygen atoms in total. The molecule has 0 bridgehead atoms. The quantitative estimate of drug-likeness (QED) is 0.367. The highest BCUT2D eigenvalue weighted by molar-refractivity contribution is 6.35. The molecule has 134 valence electrons. The molecule has 0 atom stereocenters. The second kappa shape index (κ2) is 7.05. The van der Waals surface area contributed by atoms with E-state index in [-0.39, 0.29) is 12.3 Å². The largest absolute Gasteiger partial charge is 0.461 e. The van der Waals surface area contributed by atoms with Crippen molar-refractivity contribution in [3.63, 3.8) is 0 Å². The van der Waals surface area contributed by atoms with Crippen LogP contribution in [-0.4, -0.2) is 22.1 Å². The van der Waals surface area contributed by atoms with E-state index in [1.807, 2.05) is 0 Å². The molecule has 1 aromatic heterocycles. The molecule has 3 rings (SSSR count). The van der Waals surface area contributed by atoms with Crippen molar-refractivity contribution in [1.82, 2.24) is 4.57 Å². The van der Waals surface area contributed by atoms with Gasteiger partial charge >= 0.3 is 5.97 Å². The Morgan fingerprint density at radius 3 is 2.73 bits per heavy atom. The lowest BCUT2D eigenvalue weighted by molar-refractivity contribution is -0.384. The Labute approximate surface area is 153 Å². The highest BCUT2D eigenvalue weighted by Gasteiger charge is 2.19. The number of nitro benzene ring substituents is 1. The summed E-state index contributed by atoms with van der Waals surface area (Å²) >= 11 is 6.26. The van der Waals surface area contributed by atoms with Crippen molar-refractivity contribution < 1.29 is 19.2 Å². The van der Waals surface area contributed by atoms with Gasteiger partial charge in [0.1, 0.15) is 11.4 Å². The van der Waals surface area contributed by atoms with Crippen LogP contribution in [0.4, 0.5) is 5.69 Å². The first-order chi connectivity index (χ1) is 12.4. The highest BCUT2D eigenvalue weighted by atomic mass is 35.5. The van der Waals surface area contributed by atoms with Gasteiger partial charge in [-0.15, -0.1) is 0 Å². The summed E-state index contributed by atoms with van der Waals surface area (Å²) in [6.07, 6.45) is 0. The molecule has 26 heavy (non-hydrogen) atoms. The average Bonchev–Trinajstić information content (AvgIpc) is 2.97. The molecule has 0 aliphatic heterocycles. The Hall–Kier alpha value is -3.06. The first-order valence-electron chi connectivity index (χ1n) is 7.79. The molecule has 0 unspecified atom stereocenters. The first kappa shape index (κ1) is 17.8. The normalized spacial score (nSPS) is 10.7. The lowest BCUT2D eigenvalue weighted by Gasteiger charge is -2.10.